The highest BCUT2D eigenvalue weighted by atomic mass is 79.9. The second-order valence-electron chi connectivity index (χ2n) is 4.92. The van der Waals surface area contributed by atoms with Gasteiger partial charge >= 0.3 is 0 Å². The Kier molecular flexibility index (Phi) is 6.87. The quantitative estimate of drug-likeness (QED) is 0.735. The van der Waals surface area contributed by atoms with Crippen molar-refractivity contribution in [2.75, 3.05) is 0 Å². The van der Waals surface area contributed by atoms with E-state index in [1.54, 1.807) is 6.07 Å². The first-order chi connectivity index (χ1) is 8.58. The summed E-state index contributed by atoms with van der Waals surface area (Å²) in [5.74, 6) is 0.438. The van der Waals surface area contributed by atoms with Crippen LogP contribution in [0.15, 0.2) is 22.7 Å². The minimum Gasteiger partial charge on any atom is -0.324 e. The van der Waals surface area contributed by atoms with Gasteiger partial charge in [0, 0.05) is 10.5 Å². The van der Waals surface area contributed by atoms with E-state index in [2.05, 4.69) is 29.8 Å². The molecule has 0 spiro atoms. The van der Waals surface area contributed by atoms with Crippen molar-refractivity contribution in [3.63, 3.8) is 0 Å². The summed E-state index contributed by atoms with van der Waals surface area (Å²) in [6, 6.07) is 4.74. The third-order valence-electron chi connectivity index (χ3n) is 3.49. The second kappa shape index (κ2) is 7.90. The molecule has 102 valence electrons. The zero-order chi connectivity index (χ0) is 13.5. The van der Waals surface area contributed by atoms with Gasteiger partial charge in [0.1, 0.15) is 5.82 Å². The Morgan fingerprint density at radius 2 is 2.06 bits per heavy atom. The Morgan fingerprint density at radius 3 is 2.61 bits per heavy atom. The molecule has 1 rings (SSSR count). The maximum Gasteiger partial charge on any atom is 0.124 e. The Hall–Kier alpha value is -0.410. The van der Waals surface area contributed by atoms with E-state index in [1.807, 2.05) is 0 Å². The molecule has 2 N–H and O–H groups in total. The minimum atomic E-state index is -0.226. The first-order valence-corrected chi connectivity index (χ1v) is 7.58. The number of benzene rings is 1. The van der Waals surface area contributed by atoms with Gasteiger partial charge in [0.15, 0.2) is 0 Å². The fourth-order valence-electron chi connectivity index (χ4n) is 2.27. The van der Waals surface area contributed by atoms with Gasteiger partial charge in [0.2, 0.25) is 0 Å². The summed E-state index contributed by atoms with van der Waals surface area (Å²) in [6.45, 7) is 4.43. The summed E-state index contributed by atoms with van der Waals surface area (Å²) in [6.07, 6.45) is 5.86. The van der Waals surface area contributed by atoms with Gasteiger partial charge < -0.3 is 5.73 Å². The van der Waals surface area contributed by atoms with Gasteiger partial charge in [-0.1, -0.05) is 61.5 Å². The lowest BCUT2D eigenvalue weighted by atomic mass is 9.89. The molecular formula is C15H23BrFN. The van der Waals surface area contributed by atoms with E-state index in [-0.39, 0.29) is 11.9 Å². The largest absolute Gasteiger partial charge is 0.324 e. The molecule has 0 amide bonds. The first kappa shape index (κ1) is 15.6. The summed E-state index contributed by atoms with van der Waals surface area (Å²) in [5, 5.41) is 0. The minimum absolute atomic E-state index is 0.0122. The van der Waals surface area contributed by atoms with Crippen molar-refractivity contribution in [3.8, 4) is 0 Å². The van der Waals surface area contributed by atoms with Gasteiger partial charge in [-0.15, -0.1) is 0 Å². The van der Waals surface area contributed by atoms with Gasteiger partial charge in [0.25, 0.3) is 0 Å². The molecular weight excluding hydrogens is 293 g/mol. The van der Waals surface area contributed by atoms with Crippen LogP contribution in [-0.4, -0.2) is 0 Å². The van der Waals surface area contributed by atoms with Crippen molar-refractivity contribution in [2.24, 2.45) is 11.7 Å². The molecule has 1 aromatic rings. The topological polar surface area (TPSA) is 26.0 Å². The summed E-state index contributed by atoms with van der Waals surface area (Å²) >= 11 is 3.39. The van der Waals surface area contributed by atoms with Crippen LogP contribution in [-0.2, 0) is 0 Å². The molecule has 18 heavy (non-hydrogen) atoms. The highest BCUT2D eigenvalue weighted by Gasteiger charge is 2.15. The van der Waals surface area contributed by atoms with Crippen LogP contribution in [0.4, 0.5) is 4.39 Å². The van der Waals surface area contributed by atoms with Crippen LogP contribution in [0, 0.1) is 11.7 Å². The zero-order valence-corrected chi connectivity index (χ0v) is 12.8. The SMILES string of the molecule is CCCCC(CC)CC(N)c1ccc(F)cc1Br. The van der Waals surface area contributed by atoms with Crippen molar-refractivity contribution in [2.45, 2.75) is 52.0 Å². The summed E-state index contributed by atoms with van der Waals surface area (Å²) < 4.78 is 13.8. The van der Waals surface area contributed by atoms with Crippen LogP contribution in [0.1, 0.15) is 57.6 Å². The van der Waals surface area contributed by atoms with Crippen LogP contribution < -0.4 is 5.73 Å². The van der Waals surface area contributed by atoms with Crippen molar-refractivity contribution in [1.82, 2.24) is 0 Å². The maximum absolute atomic E-state index is 13.0. The van der Waals surface area contributed by atoms with E-state index >= 15 is 0 Å². The van der Waals surface area contributed by atoms with Crippen LogP contribution in [0.2, 0.25) is 0 Å². The van der Waals surface area contributed by atoms with Crippen LogP contribution in [0.5, 0.6) is 0 Å². The number of unbranched alkanes of at least 4 members (excludes halogenated alkanes) is 1. The Balaban J connectivity index is 2.65. The van der Waals surface area contributed by atoms with Crippen molar-refractivity contribution < 1.29 is 4.39 Å². The number of nitrogens with two attached hydrogens (primary N) is 1. The molecule has 3 heteroatoms. The highest BCUT2D eigenvalue weighted by Crippen LogP contribution is 2.29. The molecule has 2 atom stereocenters. The van der Waals surface area contributed by atoms with Gasteiger partial charge in [-0.3, -0.25) is 0 Å². The molecule has 0 bridgehead atoms. The summed E-state index contributed by atoms with van der Waals surface area (Å²) in [4.78, 5) is 0. The smallest absolute Gasteiger partial charge is 0.124 e. The fourth-order valence-corrected chi connectivity index (χ4v) is 2.91. The Labute approximate surface area is 118 Å². The lowest BCUT2D eigenvalue weighted by Crippen LogP contribution is -2.16. The third kappa shape index (κ3) is 4.69. The normalized spacial score (nSPS) is 14.5. The molecule has 0 aliphatic carbocycles. The fraction of sp³-hybridized carbons (Fsp3) is 0.600. The summed E-state index contributed by atoms with van der Waals surface area (Å²) in [5.41, 5.74) is 7.25. The van der Waals surface area contributed by atoms with Gasteiger partial charge in [-0.05, 0) is 30.0 Å². The average Bonchev–Trinajstić information content (AvgIpc) is 2.34. The number of hydrogen-bond acceptors (Lipinski definition) is 1. The monoisotopic (exact) mass is 315 g/mol. The van der Waals surface area contributed by atoms with Crippen molar-refractivity contribution >= 4 is 15.9 Å². The van der Waals surface area contributed by atoms with Gasteiger partial charge in [-0.25, -0.2) is 4.39 Å². The molecule has 0 aliphatic rings. The lowest BCUT2D eigenvalue weighted by molar-refractivity contribution is 0.388. The molecule has 1 aromatic carbocycles. The van der Waals surface area contributed by atoms with Crippen molar-refractivity contribution in [1.29, 1.82) is 0 Å². The van der Waals surface area contributed by atoms with Crippen LogP contribution in [0.25, 0.3) is 0 Å². The summed E-state index contributed by atoms with van der Waals surface area (Å²) in [7, 11) is 0. The molecule has 0 aliphatic heterocycles. The number of rotatable bonds is 7. The van der Waals surface area contributed by atoms with Gasteiger partial charge in [-0.2, -0.15) is 0 Å². The average molecular weight is 316 g/mol. The zero-order valence-electron chi connectivity index (χ0n) is 11.3. The molecule has 0 radical (unpaired) electrons. The number of halogens is 2. The first-order valence-electron chi connectivity index (χ1n) is 6.79. The molecule has 0 aromatic heterocycles. The van der Waals surface area contributed by atoms with E-state index < -0.39 is 0 Å². The second-order valence-corrected chi connectivity index (χ2v) is 5.78. The van der Waals surface area contributed by atoms with E-state index in [9.17, 15) is 4.39 Å². The molecule has 2 unspecified atom stereocenters. The van der Waals surface area contributed by atoms with E-state index in [0.29, 0.717) is 5.92 Å². The predicted molar refractivity (Wildman–Crippen MR) is 79.0 cm³/mol. The molecule has 0 heterocycles. The van der Waals surface area contributed by atoms with Gasteiger partial charge in [0.05, 0.1) is 0 Å². The highest BCUT2D eigenvalue weighted by molar-refractivity contribution is 9.10. The molecule has 1 nitrogen and oxygen atoms in total. The molecule has 0 saturated carbocycles. The lowest BCUT2D eigenvalue weighted by Gasteiger charge is -2.20. The molecule has 0 saturated heterocycles. The Bertz CT molecular complexity index is 368. The van der Waals surface area contributed by atoms with Crippen molar-refractivity contribution in [3.05, 3.63) is 34.1 Å². The van der Waals surface area contributed by atoms with Crippen LogP contribution in [0.3, 0.4) is 0 Å². The number of hydrogen-bond donors (Lipinski definition) is 1. The van der Waals surface area contributed by atoms with Crippen LogP contribution >= 0.6 is 15.9 Å². The molecule has 0 fully saturated rings. The standard InChI is InChI=1S/C15H23BrFN/c1-3-5-6-11(4-2)9-15(18)13-8-7-12(17)10-14(13)16/h7-8,10-11,15H,3-6,9,18H2,1-2H3. The van der Waals surface area contributed by atoms with E-state index in [0.717, 1.165) is 22.9 Å². The Morgan fingerprint density at radius 1 is 1.33 bits per heavy atom. The predicted octanol–water partition coefficient (Wildman–Crippen LogP) is 5.19. The van der Waals surface area contributed by atoms with E-state index in [4.69, 9.17) is 5.73 Å². The third-order valence-corrected chi connectivity index (χ3v) is 4.18. The maximum atomic E-state index is 13.0. The van der Waals surface area contributed by atoms with E-state index in [1.165, 1.54) is 31.4 Å².